The van der Waals surface area contributed by atoms with Gasteiger partial charge in [-0.1, -0.05) is 18.9 Å². The fraction of sp³-hybridized carbons (Fsp3) is 0.700. The molecule has 3 N–H and O–H groups in total. The van der Waals surface area contributed by atoms with Crippen LogP contribution in [0.25, 0.3) is 0 Å². The van der Waals surface area contributed by atoms with E-state index in [1.54, 1.807) is 6.08 Å². The maximum absolute atomic E-state index is 11.1. The highest BCUT2D eigenvalue weighted by Gasteiger charge is 2.44. The van der Waals surface area contributed by atoms with E-state index in [0.29, 0.717) is 12.8 Å². The first kappa shape index (κ1) is 10.3. The Morgan fingerprint density at radius 2 is 2.38 bits per heavy atom. The van der Waals surface area contributed by atoms with Crippen molar-refractivity contribution < 1.29 is 9.90 Å². The molecule has 1 fully saturated rings. The summed E-state index contributed by atoms with van der Waals surface area (Å²) in [5, 5.41) is 9.16. The van der Waals surface area contributed by atoms with Gasteiger partial charge in [-0.05, 0) is 19.3 Å². The second-order valence-corrected chi connectivity index (χ2v) is 3.81. The lowest BCUT2D eigenvalue weighted by Crippen LogP contribution is -2.49. The molecule has 2 atom stereocenters. The van der Waals surface area contributed by atoms with Crippen molar-refractivity contribution >= 4 is 5.97 Å². The van der Waals surface area contributed by atoms with Crippen LogP contribution in [0.2, 0.25) is 0 Å². The van der Waals surface area contributed by atoms with E-state index in [4.69, 9.17) is 10.8 Å². The van der Waals surface area contributed by atoms with Crippen LogP contribution in [0, 0.1) is 5.41 Å². The normalized spacial score (nSPS) is 34.1. The van der Waals surface area contributed by atoms with Gasteiger partial charge in [-0.15, -0.1) is 6.58 Å². The zero-order valence-electron chi connectivity index (χ0n) is 7.83. The van der Waals surface area contributed by atoms with Crippen LogP contribution in [-0.2, 0) is 4.79 Å². The van der Waals surface area contributed by atoms with E-state index < -0.39 is 11.4 Å². The third kappa shape index (κ3) is 1.75. The van der Waals surface area contributed by atoms with Gasteiger partial charge in [-0.2, -0.15) is 0 Å². The van der Waals surface area contributed by atoms with Crippen molar-refractivity contribution in [3.05, 3.63) is 12.7 Å². The number of hydrogen-bond acceptors (Lipinski definition) is 2. The predicted octanol–water partition coefficient (Wildman–Crippen LogP) is 1.53. The average Bonchev–Trinajstić information content (AvgIpc) is 2.09. The molecular formula is C10H17NO2. The predicted molar refractivity (Wildman–Crippen MR) is 51.3 cm³/mol. The van der Waals surface area contributed by atoms with E-state index >= 15 is 0 Å². The van der Waals surface area contributed by atoms with Gasteiger partial charge in [-0.3, -0.25) is 4.79 Å². The Kier molecular flexibility index (Phi) is 3.09. The zero-order valence-corrected chi connectivity index (χ0v) is 7.83. The molecule has 0 saturated heterocycles. The molecule has 1 aliphatic carbocycles. The number of allylic oxidation sites excluding steroid dienone is 1. The highest BCUT2D eigenvalue weighted by Crippen LogP contribution is 2.38. The van der Waals surface area contributed by atoms with Crippen molar-refractivity contribution in [3.63, 3.8) is 0 Å². The van der Waals surface area contributed by atoms with E-state index in [1.807, 2.05) is 0 Å². The Labute approximate surface area is 78.6 Å². The summed E-state index contributed by atoms with van der Waals surface area (Å²) in [6.07, 6.45) is 5.68. The van der Waals surface area contributed by atoms with Crippen molar-refractivity contribution in [2.24, 2.45) is 11.1 Å². The summed E-state index contributed by atoms with van der Waals surface area (Å²) in [5.74, 6) is -0.764. The lowest BCUT2D eigenvalue weighted by atomic mass is 9.68. The standard InChI is InChI=1S/C10H17NO2/c1-2-6-10(9(12)13)7-4-3-5-8(10)11/h2,8H,1,3-7,11H2,(H,12,13)/t8-,10-/m1/s1. The molecule has 0 aromatic rings. The summed E-state index contributed by atoms with van der Waals surface area (Å²) >= 11 is 0. The van der Waals surface area contributed by atoms with E-state index in [0.717, 1.165) is 19.3 Å². The van der Waals surface area contributed by atoms with Gasteiger partial charge in [0.15, 0.2) is 0 Å². The Balaban J connectivity index is 2.85. The topological polar surface area (TPSA) is 63.3 Å². The van der Waals surface area contributed by atoms with Crippen molar-refractivity contribution in [3.8, 4) is 0 Å². The van der Waals surface area contributed by atoms with Gasteiger partial charge in [0.2, 0.25) is 0 Å². The molecule has 1 rings (SSSR count). The molecule has 0 aromatic carbocycles. The van der Waals surface area contributed by atoms with Crippen molar-refractivity contribution in [1.82, 2.24) is 0 Å². The molecule has 0 spiro atoms. The molecule has 0 aromatic heterocycles. The first-order valence-electron chi connectivity index (χ1n) is 4.73. The summed E-state index contributed by atoms with van der Waals surface area (Å²) in [6.45, 7) is 3.60. The molecular weight excluding hydrogens is 166 g/mol. The number of carboxylic acids is 1. The van der Waals surface area contributed by atoms with Gasteiger partial charge in [-0.25, -0.2) is 0 Å². The highest BCUT2D eigenvalue weighted by atomic mass is 16.4. The second-order valence-electron chi connectivity index (χ2n) is 3.81. The Morgan fingerprint density at radius 3 is 2.85 bits per heavy atom. The van der Waals surface area contributed by atoms with Crippen molar-refractivity contribution in [2.45, 2.75) is 38.1 Å². The lowest BCUT2D eigenvalue weighted by Gasteiger charge is -2.38. The Bertz CT molecular complexity index is 215. The van der Waals surface area contributed by atoms with E-state index in [9.17, 15) is 4.79 Å². The number of carboxylic acid groups (broad SMARTS) is 1. The quantitative estimate of drug-likeness (QED) is 0.652. The Hall–Kier alpha value is -0.830. The number of aliphatic carboxylic acids is 1. The molecule has 0 radical (unpaired) electrons. The third-order valence-electron chi connectivity index (χ3n) is 3.03. The van der Waals surface area contributed by atoms with E-state index in [1.165, 1.54) is 0 Å². The van der Waals surface area contributed by atoms with Crippen LogP contribution < -0.4 is 5.73 Å². The molecule has 3 heteroatoms. The number of carbonyl (C=O) groups is 1. The van der Waals surface area contributed by atoms with Crippen LogP contribution >= 0.6 is 0 Å². The van der Waals surface area contributed by atoms with Crippen LogP contribution in [0.1, 0.15) is 32.1 Å². The molecule has 0 heterocycles. The molecule has 0 aliphatic heterocycles. The molecule has 1 aliphatic rings. The summed E-state index contributed by atoms with van der Waals surface area (Å²) in [4.78, 5) is 11.1. The van der Waals surface area contributed by atoms with Crippen LogP contribution in [-0.4, -0.2) is 17.1 Å². The first-order chi connectivity index (χ1) is 6.13. The van der Waals surface area contributed by atoms with Crippen LogP contribution in [0.4, 0.5) is 0 Å². The van der Waals surface area contributed by atoms with Gasteiger partial charge in [0, 0.05) is 6.04 Å². The SMILES string of the molecule is C=CC[C@@]1(C(=O)O)CCCC[C@H]1N. The average molecular weight is 183 g/mol. The van der Waals surface area contributed by atoms with Gasteiger partial charge < -0.3 is 10.8 Å². The van der Waals surface area contributed by atoms with Crippen LogP contribution in [0.5, 0.6) is 0 Å². The summed E-state index contributed by atoms with van der Waals surface area (Å²) in [6, 6.07) is -0.211. The lowest BCUT2D eigenvalue weighted by molar-refractivity contribution is -0.152. The molecule has 0 bridgehead atoms. The molecule has 0 amide bonds. The maximum Gasteiger partial charge on any atom is 0.311 e. The summed E-state index contributed by atoms with van der Waals surface area (Å²) in [7, 11) is 0. The molecule has 0 unspecified atom stereocenters. The van der Waals surface area contributed by atoms with Gasteiger partial charge in [0.25, 0.3) is 0 Å². The van der Waals surface area contributed by atoms with Crippen LogP contribution in [0.3, 0.4) is 0 Å². The second kappa shape index (κ2) is 3.92. The number of rotatable bonds is 3. The molecule has 1 saturated carbocycles. The third-order valence-corrected chi connectivity index (χ3v) is 3.03. The molecule has 74 valence electrons. The maximum atomic E-state index is 11.1. The minimum atomic E-state index is -0.764. The first-order valence-corrected chi connectivity index (χ1v) is 4.73. The largest absolute Gasteiger partial charge is 0.481 e. The van der Waals surface area contributed by atoms with Crippen LogP contribution in [0.15, 0.2) is 12.7 Å². The molecule has 13 heavy (non-hydrogen) atoms. The minimum absolute atomic E-state index is 0.211. The van der Waals surface area contributed by atoms with E-state index in [2.05, 4.69) is 6.58 Å². The Morgan fingerprint density at radius 1 is 1.69 bits per heavy atom. The van der Waals surface area contributed by atoms with Crippen molar-refractivity contribution in [2.75, 3.05) is 0 Å². The molecule has 3 nitrogen and oxygen atoms in total. The zero-order chi connectivity index (χ0) is 9.90. The van der Waals surface area contributed by atoms with Crippen molar-refractivity contribution in [1.29, 1.82) is 0 Å². The fourth-order valence-electron chi connectivity index (χ4n) is 2.13. The monoisotopic (exact) mass is 183 g/mol. The van der Waals surface area contributed by atoms with Gasteiger partial charge in [0.1, 0.15) is 0 Å². The smallest absolute Gasteiger partial charge is 0.311 e. The van der Waals surface area contributed by atoms with Gasteiger partial charge >= 0.3 is 5.97 Å². The number of hydrogen-bond donors (Lipinski definition) is 2. The van der Waals surface area contributed by atoms with E-state index in [-0.39, 0.29) is 6.04 Å². The highest BCUT2D eigenvalue weighted by molar-refractivity contribution is 5.76. The van der Waals surface area contributed by atoms with Gasteiger partial charge in [0.05, 0.1) is 5.41 Å². The minimum Gasteiger partial charge on any atom is -0.481 e. The fourth-order valence-corrected chi connectivity index (χ4v) is 2.13. The number of nitrogens with two attached hydrogens (primary N) is 1. The summed E-state index contributed by atoms with van der Waals surface area (Å²) in [5.41, 5.74) is 5.14. The summed E-state index contributed by atoms with van der Waals surface area (Å²) < 4.78 is 0.